The SMILES string of the molecule is COC(=O)C(C)CN(CCCO)C(=O)Cc1ccc(OC)cc1. The molecule has 1 aromatic rings. The second-order valence-corrected chi connectivity index (χ2v) is 5.37. The third-order valence-electron chi connectivity index (χ3n) is 3.55. The first kappa shape index (κ1) is 19.0. The van der Waals surface area contributed by atoms with Crippen molar-refractivity contribution in [3.63, 3.8) is 0 Å². The Morgan fingerprint density at radius 3 is 2.39 bits per heavy atom. The number of nitrogens with zero attached hydrogens (tertiary/aromatic N) is 1. The van der Waals surface area contributed by atoms with Gasteiger partial charge in [0.05, 0.1) is 26.6 Å². The Kier molecular flexibility index (Phi) is 8.11. The zero-order valence-electron chi connectivity index (χ0n) is 13.9. The number of carbonyl (C=O) groups is 2. The Morgan fingerprint density at radius 1 is 1.22 bits per heavy atom. The van der Waals surface area contributed by atoms with Crippen molar-refractivity contribution in [2.24, 2.45) is 5.92 Å². The largest absolute Gasteiger partial charge is 0.497 e. The van der Waals surface area contributed by atoms with Gasteiger partial charge in [-0.05, 0) is 24.1 Å². The maximum atomic E-state index is 12.5. The monoisotopic (exact) mass is 323 g/mol. The lowest BCUT2D eigenvalue weighted by Gasteiger charge is -2.25. The second kappa shape index (κ2) is 9.84. The lowest BCUT2D eigenvalue weighted by molar-refractivity contribution is -0.146. The Bertz CT molecular complexity index is 500. The minimum absolute atomic E-state index is 0.00107. The summed E-state index contributed by atoms with van der Waals surface area (Å²) in [6.45, 7) is 2.41. The minimum atomic E-state index is -0.404. The molecule has 0 spiro atoms. The van der Waals surface area contributed by atoms with Gasteiger partial charge in [0.1, 0.15) is 5.75 Å². The summed E-state index contributed by atoms with van der Waals surface area (Å²) in [7, 11) is 2.92. The van der Waals surface area contributed by atoms with E-state index in [4.69, 9.17) is 14.6 Å². The van der Waals surface area contributed by atoms with Crippen LogP contribution >= 0.6 is 0 Å². The van der Waals surface area contributed by atoms with Crippen LogP contribution in [0.1, 0.15) is 18.9 Å². The first-order valence-corrected chi connectivity index (χ1v) is 7.61. The summed E-state index contributed by atoms with van der Waals surface area (Å²) in [5.74, 6) is -0.105. The number of carbonyl (C=O) groups excluding carboxylic acids is 2. The average molecular weight is 323 g/mol. The molecule has 128 valence electrons. The van der Waals surface area contributed by atoms with Crippen LogP contribution in [-0.4, -0.2) is 55.8 Å². The lowest BCUT2D eigenvalue weighted by atomic mass is 10.1. The number of esters is 1. The molecule has 0 radical (unpaired) electrons. The fourth-order valence-corrected chi connectivity index (χ4v) is 2.22. The molecule has 6 nitrogen and oxygen atoms in total. The summed E-state index contributed by atoms with van der Waals surface area (Å²) >= 11 is 0. The smallest absolute Gasteiger partial charge is 0.310 e. The van der Waals surface area contributed by atoms with E-state index in [9.17, 15) is 9.59 Å². The van der Waals surface area contributed by atoms with Gasteiger partial charge in [0, 0.05) is 19.7 Å². The van der Waals surface area contributed by atoms with Crippen molar-refractivity contribution in [1.82, 2.24) is 4.90 Å². The van der Waals surface area contributed by atoms with Crippen molar-refractivity contribution in [3.8, 4) is 5.75 Å². The first-order valence-electron chi connectivity index (χ1n) is 7.61. The average Bonchev–Trinajstić information content (AvgIpc) is 2.58. The molecule has 0 bridgehead atoms. The zero-order chi connectivity index (χ0) is 17.2. The molecule has 0 aliphatic heterocycles. The van der Waals surface area contributed by atoms with Crippen molar-refractivity contribution in [3.05, 3.63) is 29.8 Å². The van der Waals surface area contributed by atoms with Gasteiger partial charge in [-0.3, -0.25) is 9.59 Å². The summed E-state index contributed by atoms with van der Waals surface area (Å²) in [4.78, 5) is 25.6. The number of ether oxygens (including phenoxy) is 2. The molecule has 1 aromatic carbocycles. The zero-order valence-corrected chi connectivity index (χ0v) is 13.9. The minimum Gasteiger partial charge on any atom is -0.497 e. The van der Waals surface area contributed by atoms with Crippen LogP contribution in [0.5, 0.6) is 5.75 Å². The van der Waals surface area contributed by atoms with E-state index in [2.05, 4.69) is 0 Å². The molecule has 0 saturated heterocycles. The quantitative estimate of drug-likeness (QED) is 0.692. The van der Waals surface area contributed by atoms with Crippen molar-refractivity contribution in [2.45, 2.75) is 19.8 Å². The fourth-order valence-electron chi connectivity index (χ4n) is 2.22. The van der Waals surface area contributed by atoms with Gasteiger partial charge in [-0.1, -0.05) is 19.1 Å². The van der Waals surface area contributed by atoms with Gasteiger partial charge in [-0.2, -0.15) is 0 Å². The molecule has 1 unspecified atom stereocenters. The van der Waals surface area contributed by atoms with Gasteiger partial charge in [-0.15, -0.1) is 0 Å². The Morgan fingerprint density at radius 2 is 1.87 bits per heavy atom. The van der Waals surface area contributed by atoms with Gasteiger partial charge >= 0.3 is 5.97 Å². The van der Waals surface area contributed by atoms with Crippen LogP contribution in [0.4, 0.5) is 0 Å². The molecule has 1 N–H and O–H groups in total. The van der Waals surface area contributed by atoms with Crippen LogP contribution in [0.2, 0.25) is 0 Å². The number of aliphatic hydroxyl groups excluding tert-OH is 1. The number of hydrogen-bond acceptors (Lipinski definition) is 5. The van der Waals surface area contributed by atoms with Crippen molar-refractivity contribution < 1.29 is 24.2 Å². The molecule has 0 aliphatic rings. The van der Waals surface area contributed by atoms with Gasteiger partial charge in [0.2, 0.25) is 5.91 Å². The predicted molar refractivity (Wildman–Crippen MR) is 86.2 cm³/mol. The highest BCUT2D eigenvalue weighted by atomic mass is 16.5. The summed E-state index contributed by atoms with van der Waals surface area (Å²) in [6.07, 6.45) is 0.714. The number of aliphatic hydroxyl groups is 1. The fraction of sp³-hybridized carbons (Fsp3) is 0.529. The van der Waals surface area contributed by atoms with Gasteiger partial charge in [0.15, 0.2) is 0 Å². The van der Waals surface area contributed by atoms with Crippen LogP contribution < -0.4 is 4.74 Å². The number of methoxy groups -OCH3 is 2. The maximum Gasteiger partial charge on any atom is 0.310 e. The molecular weight excluding hydrogens is 298 g/mol. The number of rotatable bonds is 9. The standard InChI is InChI=1S/C17H25NO5/c1-13(17(21)23-3)12-18(9-4-10-19)16(20)11-14-5-7-15(22-2)8-6-14/h5-8,13,19H,4,9-12H2,1-3H3. The highest BCUT2D eigenvalue weighted by molar-refractivity contribution is 5.80. The molecule has 6 heteroatoms. The molecule has 0 aromatic heterocycles. The predicted octanol–water partition coefficient (Wildman–Crippen LogP) is 1.26. The van der Waals surface area contributed by atoms with E-state index < -0.39 is 5.92 Å². The van der Waals surface area contributed by atoms with Crippen LogP contribution in [0.3, 0.4) is 0 Å². The molecular formula is C17H25NO5. The van der Waals surface area contributed by atoms with Crippen LogP contribution in [-0.2, 0) is 20.7 Å². The van der Waals surface area contributed by atoms with Crippen LogP contribution in [0.25, 0.3) is 0 Å². The third kappa shape index (κ3) is 6.28. The Hall–Kier alpha value is -2.08. The Labute approximate surface area is 137 Å². The molecule has 1 rings (SSSR count). The molecule has 1 amide bonds. The number of benzene rings is 1. The van der Waals surface area contributed by atoms with Crippen LogP contribution in [0.15, 0.2) is 24.3 Å². The number of amides is 1. The highest BCUT2D eigenvalue weighted by Gasteiger charge is 2.21. The van der Waals surface area contributed by atoms with Crippen molar-refractivity contribution in [2.75, 3.05) is 33.9 Å². The third-order valence-corrected chi connectivity index (χ3v) is 3.55. The van der Waals surface area contributed by atoms with Crippen molar-refractivity contribution in [1.29, 1.82) is 0 Å². The highest BCUT2D eigenvalue weighted by Crippen LogP contribution is 2.13. The first-order chi connectivity index (χ1) is 11.0. The summed E-state index contributed by atoms with van der Waals surface area (Å²) < 4.78 is 9.79. The summed E-state index contributed by atoms with van der Waals surface area (Å²) in [5.41, 5.74) is 0.871. The topological polar surface area (TPSA) is 76.1 Å². The van der Waals surface area contributed by atoms with Crippen LogP contribution in [0, 0.1) is 5.92 Å². The number of hydrogen-bond donors (Lipinski definition) is 1. The summed E-state index contributed by atoms with van der Waals surface area (Å²) in [5, 5.41) is 8.99. The van der Waals surface area contributed by atoms with E-state index in [0.717, 1.165) is 11.3 Å². The van der Waals surface area contributed by atoms with E-state index in [-0.39, 0.29) is 31.4 Å². The molecule has 0 aliphatic carbocycles. The maximum absolute atomic E-state index is 12.5. The van der Waals surface area contributed by atoms with Gasteiger partial charge in [-0.25, -0.2) is 0 Å². The van der Waals surface area contributed by atoms with Gasteiger partial charge < -0.3 is 19.5 Å². The molecule has 23 heavy (non-hydrogen) atoms. The normalized spacial score (nSPS) is 11.7. The van der Waals surface area contributed by atoms with E-state index in [1.807, 2.05) is 12.1 Å². The van der Waals surface area contributed by atoms with Crippen molar-refractivity contribution >= 4 is 11.9 Å². The van der Waals surface area contributed by atoms with E-state index in [0.29, 0.717) is 13.0 Å². The molecule has 1 atom stereocenters. The summed E-state index contributed by atoms with van der Waals surface area (Å²) in [6, 6.07) is 7.28. The van der Waals surface area contributed by atoms with Gasteiger partial charge in [0.25, 0.3) is 0 Å². The molecule has 0 saturated carbocycles. The second-order valence-electron chi connectivity index (χ2n) is 5.37. The van der Waals surface area contributed by atoms with E-state index in [1.165, 1.54) is 7.11 Å². The molecule has 0 fully saturated rings. The molecule has 0 heterocycles. The Balaban J connectivity index is 2.71. The van der Waals surface area contributed by atoms with E-state index >= 15 is 0 Å². The van der Waals surface area contributed by atoms with E-state index in [1.54, 1.807) is 31.1 Å². The lowest BCUT2D eigenvalue weighted by Crippen LogP contribution is -2.39.